The fraction of sp³-hybridized carbons (Fsp3) is 0.750. The summed E-state index contributed by atoms with van der Waals surface area (Å²) in [7, 11) is 0. The Morgan fingerprint density at radius 2 is 2.55 bits per heavy atom. The zero-order valence-electron chi connectivity index (χ0n) is 6.92. The van der Waals surface area contributed by atoms with E-state index in [0.717, 1.165) is 6.54 Å². The van der Waals surface area contributed by atoms with Gasteiger partial charge in [0.25, 0.3) is 0 Å². The van der Waals surface area contributed by atoms with Crippen LogP contribution in [0.15, 0.2) is 12.7 Å². The van der Waals surface area contributed by atoms with Crippen LogP contribution in [0, 0.1) is 0 Å². The molecule has 0 bridgehead atoms. The Hall–Kier alpha value is -0.380. The number of nitrogens with zero attached hydrogens (tertiary/aromatic N) is 1. The molecule has 64 valence electrons. The lowest BCUT2D eigenvalue weighted by Crippen LogP contribution is -2.46. The topological polar surface area (TPSA) is 32.7 Å². The van der Waals surface area contributed by atoms with Crippen molar-refractivity contribution < 1.29 is 9.84 Å². The van der Waals surface area contributed by atoms with Gasteiger partial charge in [-0.3, -0.25) is 4.90 Å². The first kappa shape index (κ1) is 8.71. The highest BCUT2D eigenvalue weighted by Crippen LogP contribution is 2.20. The number of rotatable bonds is 3. The van der Waals surface area contributed by atoms with Crippen LogP contribution in [-0.4, -0.2) is 42.0 Å². The number of aliphatic hydroxyl groups is 1. The van der Waals surface area contributed by atoms with Crippen molar-refractivity contribution in [3.05, 3.63) is 12.7 Å². The van der Waals surface area contributed by atoms with Crippen molar-refractivity contribution in [2.75, 3.05) is 26.5 Å². The molecule has 11 heavy (non-hydrogen) atoms. The number of ether oxygens (including phenoxy) is 1. The van der Waals surface area contributed by atoms with E-state index < -0.39 is 0 Å². The smallest absolute Gasteiger partial charge is 0.0999 e. The molecule has 1 heterocycles. The highest BCUT2D eigenvalue weighted by Gasteiger charge is 2.35. The van der Waals surface area contributed by atoms with E-state index in [1.165, 1.54) is 0 Å². The van der Waals surface area contributed by atoms with E-state index in [1.807, 2.05) is 13.0 Å². The van der Waals surface area contributed by atoms with Crippen LogP contribution >= 0.6 is 0 Å². The minimum absolute atomic E-state index is 0.140. The largest absolute Gasteiger partial charge is 0.394 e. The van der Waals surface area contributed by atoms with Crippen molar-refractivity contribution in [3.63, 3.8) is 0 Å². The Labute approximate surface area is 67.3 Å². The normalized spacial score (nSPS) is 32.5. The van der Waals surface area contributed by atoms with Crippen LogP contribution in [-0.2, 0) is 4.74 Å². The maximum Gasteiger partial charge on any atom is 0.0999 e. The molecule has 0 aromatic carbocycles. The van der Waals surface area contributed by atoms with Crippen molar-refractivity contribution in [1.29, 1.82) is 0 Å². The first-order valence-corrected chi connectivity index (χ1v) is 3.77. The van der Waals surface area contributed by atoms with Gasteiger partial charge in [0.05, 0.1) is 25.5 Å². The molecule has 1 aliphatic rings. The summed E-state index contributed by atoms with van der Waals surface area (Å²) in [6, 6.07) is 0. The summed E-state index contributed by atoms with van der Waals surface area (Å²) in [4.78, 5) is 2.07. The van der Waals surface area contributed by atoms with E-state index in [9.17, 15) is 0 Å². The third kappa shape index (κ3) is 1.61. The van der Waals surface area contributed by atoms with Gasteiger partial charge in [-0.05, 0) is 6.92 Å². The van der Waals surface area contributed by atoms with Crippen molar-refractivity contribution in [1.82, 2.24) is 4.90 Å². The van der Waals surface area contributed by atoms with Gasteiger partial charge in [-0.25, -0.2) is 0 Å². The van der Waals surface area contributed by atoms with Gasteiger partial charge in [0, 0.05) is 6.54 Å². The Bertz CT molecular complexity index is 149. The molecule has 0 aliphatic carbocycles. The molecule has 0 radical (unpaired) electrons. The summed E-state index contributed by atoms with van der Waals surface area (Å²) >= 11 is 0. The Kier molecular flexibility index (Phi) is 2.65. The summed E-state index contributed by atoms with van der Waals surface area (Å²) in [6.45, 7) is 7.76. The van der Waals surface area contributed by atoms with E-state index in [4.69, 9.17) is 9.84 Å². The van der Waals surface area contributed by atoms with Gasteiger partial charge in [0.15, 0.2) is 0 Å². The van der Waals surface area contributed by atoms with Gasteiger partial charge in [-0.1, -0.05) is 6.08 Å². The van der Waals surface area contributed by atoms with Crippen LogP contribution in [0.1, 0.15) is 6.92 Å². The van der Waals surface area contributed by atoms with Crippen molar-refractivity contribution in [3.8, 4) is 0 Å². The molecule has 3 nitrogen and oxygen atoms in total. The van der Waals surface area contributed by atoms with Crippen LogP contribution in [0.4, 0.5) is 0 Å². The van der Waals surface area contributed by atoms with Crippen molar-refractivity contribution >= 4 is 0 Å². The third-order valence-corrected chi connectivity index (χ3v) is 2.11. The van der Waals surface area contributed by atoms with Crippen LogP contribution < -0.4 is 0 Å². The molecule has 0 spiro atoms. The minimum atomic E-state index is -0.200. The summed E-state index contributed by atoms with van der Waals surface area (Å²) in [6.07, 6.45) is 1.82. The molecular weight excluding hydrogens is 142 g/mol. The van der Waals surface area contributed by atoms with Gasteiger partial charge in [-0.2, -0.15) is 0 Å². The quantitative estimate of drug-likeness (QED) is 0.594. The Morgan fingerprint density at radius 1 is 1.82 bits per heavy atom. The number of aliphatic hydroxyl groups excluding tert-OH is 1. The SMILES string of the molecule is C=CCN1COCC1(C)CO. The Balaban J connectivity index is 2.56. The van der Waals surface area contributed by atoms with Crippen LogP contribution in [0.5, 0.6) is 0 Å². The van der Waals surface area contributed by atoms with E-state index in [1.54, 1.807) is 0 Å². The molecule has 1 aliphatic heterocycles. The molecule has 0 amide bonds. The molecule has 1 atom stereocenters. The van der Waals surface area contributed by atoms with Gasteiger partial charge in [0.2, 0.25) is 0 Å². The zero-order chi connectivity index (χ0) is 8.32. The first-order valence-electron chi connectivity index (χ1n) is 3.77. The molecule has 1 N–H and O–H groups in total. The molecule has 0 saturated carbocycles. The highest BCUT2D eigenvalue weighted by atomic mass is 16.5. The van der Waals surface area contributed by atoms with Crippen molar-refractivity contribution in [2.24, 2.45) is 0 Å². The average Bonchev–Trinajstić information content (AvgIpc) is 2.35. The molecule has 1 unspecified atom stereocenters. The second-order valence-corrected chi connectivity index (χ2v) is 3.14. The molecule has 1 rings (SSSR count). The lowest BCUT2D eigenvalue weighted by atomic mass is 10.0. The van der Waals surface area contributed by atoms with Crippen LogP contribution in [0.3, 0.4) is 0 Å². The van der Waals surface area contributed by atoms with E-state index in [0.29, 0.717) is 13.3 Å². The molecule has 1 fully saturated rings. The minimum Gasteiger partial charge on any atom is -0.394 e. The maximum atomic E-state index is 9.07. The molecule has 0 aromatic rings. The zero-order valence-corrected chi connectivity index (χ0v) is 6.92. The standard InChI is InChI=1S/C8H15NO2/c1-3-4-9-7-11-6-8(9,2)5-10/h3,10H,1,4-7H2,2H3. The summed E-state index contributed by atoms with van der Waals surface area (Å²) in [5.41, 5.74) is -0.200. The lowest BCUT2D eigenvalue weighted by Gasteiger charge is -2.29. The Morgan fingerprint density at radius 3 is 3.09 bits per heavy atom. The second-order valence-electron chi connectivity index (χ2n) is 3.14. The van der Waals surface area contributed by atoms with Crippen molar-refractivity contribution in [2.45, 2.75) is 12.5 Å². The maximum absolute atomic E-state index is 9.07. The number of hydrogen-bond donors (Lipinski definition) is 1. The molecule has 1 saturated heterocycles. The lowest BCUT2D eigenvalue weighted by molar-refractivity contribution is 0.0959. The summed E-state index contributed by atoms with van der Waals surface area (Å²) in [5, 5.41) is 9.07. The third-order valence-electron chi connectivity index (χ3n) is 2.11. The van der Waals surface area contributed by atoms with E-state index in [2.05, 4.69) is 11.5 Å². The monoisotopic (exact) mass is 157 g/mol. The van der Waals surface area contributed by atoms with Gasteiger partial charge < -0.3 is 9.84 Å². The van der Waals surface area contributed by atoms with E-state index in [-0.39, 0.29) is 12.1 Å². The van der Waals surface area contributed by atoms with Gasteiger partial charge >= 0.3 is 0 Å². The van der Waals surface area contributed by atoms with E-state index >= 15 is 0 Å². The number of hydrogen-bond acceptors (Lipinski definition) is 3. The fourth-order valence-electron chi connectivity index (χ4n) is 1.20. The van der Waals surface area contributed by atoms with Crippen LogP contribution in [0.25, 0.3) is 0 Å². The highest BCUT2D eigenvalue weighted by molar-refractivity contribution is 4.91. The first-order chi connectivity index (χ1) is 5.23. The van der Waals surface area contributed by atoms with Gasteiger partial charge in [-0.15, -0.1) is 6.58 Å². The summed E-state index contributed by atoms with van der Waals surface area (Å²) in [5.74, 6) is 0. The second kappa shape index (κ2) is 3.34. The average molecular weight is 157 g/mol. The predicted molar refractivity (Wildman–Crippen MR) is 43.2 cm³/mol. The summed E-state index contributed by atoms with van der Waals surface area (Å²) < 4.78 is 5.23. The van der Waals surface area contributed by atoms with Gasteiger partial charge in [0.1, 0.15) is 0 Å². The van der Waals surface area contributed by atoms with Crippen LogP contribution in [0.2, 0.25) is 0 Å². The predicted octanol–water partition coefficient (Wildman–Crippen LogP) is 0.213. The molecular formula is C8H15NO2. The fourth-order valence-corrected chi connectivity index (χ4v) is 1.20. The molecule has 0 aromatic heterocycles. The molecule has 3 heteroatoms.